The molecule has 1 aromatic carbocycles. The van der Waals surface area contributed by atoms with E-state index >= 15 is 0 Å². The molecular formula is C14H11Cl4N3O3S. The summed E-state index contributed by atoms with van der Waals surface area (Å²) >= 11 is 23.5. The summed E-state index contributed by atoms with van der Waals surface area (Å²) in [6.45, 7) is 0. The lowest BCUT2D eigenvalue weighted by Crippen LogP contribution is -2.22. The van der Waals surface area contributed by atoms with Crippen LogP contribution in [0.1, 0.15) is 10.5 Å². The summed E-state index contributed by atoms with van der Waals surface area (Å²) in [5, 5.41) is 1.99. The number of aromatic nitrogens is 1. The maximum Gasteiger partial charge on any atom is 0.275 e. The van der Waals surface area contributed by atoms with Crippen LogP contribution in [0.25, 0.3) is 0 Å². The second-order valence-corrected chi connectivity index (χ2v) is 8.61. The van der Waals surface area contributed by atoms with Crippen molar-refractivity contribution in [3.63, 3.8) is 0 Å². The average Bonchev–Trinajstić information content (AvgIpc) is 2.56. The Morgan fingerprint density at radius 3 is 2.32 bits per heavy atom. The van der Waals surface area contributed by atoms with Gasteiger partial charge in [0.15, 0.2) is 0 Å². The SMILES string of the molecule is CN(C)S(=O)(=O)c1cccc(NC(=O)c2nc(Cl)c(Cl)c(Cl)c2Cl)c1. The lowest BCUT2D eigenvalue weighted by molar-refractivity contribution is 0.102. The number of hydrogen-bond acceptors (Lipinski definition) is 4. The molecule has 0 bridgehead atoms. The third-order valence-corrected chi connectivity index (χ3v) is 6.56. The number of sulfonamides is 1. The van der Waals surface area contributed by atoms with Crippen LogP contribution < -0.4 is 5.32 Å². The minimum absolute atomic E-state index is 0.0153. The molecule has 0 aliphatic rings. The van der Waals surface area contributed by atoms with Crippen LogP contribution in [0.4, 0.5) is 5.69 Å². The van der Waals surface area contributed by atoms with Gasteiger partial charge in [0, 0.05) is 19.8 Å². The van der Waals surface area contributed by atoms with E-state index in [4.69, 9.17) is 46.4 Å². The van der Waals surface area contributed by atoms with E-state index in [2.05, 4.69) is 10.3 Å². The number of nitrogens with zero attached hydrogens (tertiary/aromatic N) is 2. The van der Waals surface area contributed by atoms with E-state index in [1.54, 1.807) is 0 Å². The number of carbonyl (C=O) groups excluding carboxylic acids is 1. The number of pyridine rings is 1. The summed E-state index contributed by atoms with van der Waals surface area (Å²) < 4.78 is 25.4. The monoisotopic (exact) mass is 441 g/mol. The second kappa shape index (κ2) is 7.65. The lowest BCUT2D eigenvalue weighted by Gasteiger charge is -2.13. The molecular weight excluding hydrogens is 432 g/mol. The number of nitrogens with one attached hydrogen (secondary N) is 1. The number of benzene rings is 1. The number of hydrogen-bond donors (Lipinski definition) is 1. The highest BCUT2D eigenvalue weighted by Gasteiger charge is 2.21. The van der Waals surface area contributed by atoms with Gasteiger partial charge in [0.2, 0.25) is 10.0 Å². The van der Waals surface area contributed by atoms with Gasteiger partial charge in [0.25, 0.3) is 5.91 Å². The molecule has 6 nitrogen and oxygen atoms in total. The van der Waals surface area contributed by atoms with Crippen molar-refractivity contribution in [1.29, 1.82) is 0 Å². The van der Waals surface area contributed by atoms with Crippen LogP contribution in [0.5, 0.6) is 0 Å². The normalized spacial score (nSPS) is 11.6. The Balaban J connectivity index is 2.37. The predicted octanol–water partition coefficient (Wildman–Crippen LogP) is 4.20. The fraction of sp³-hybridized carbons (Fsp3) is 0.143. The summed E-state index contributed by atoms with van der Waals surface area (Å²) in [4.78, 5) is 16.2. The molecule has 0 saturated carbocycles. The summed E-state index contributed by atoms with van der Waals surface area (Å²) in [6.07, 6.45) is 0. The van der Waals surface area contributed by atoms with Crippen molar-refractivity contribution < 1.29 is 13.2 Å². The van der Waals surface area contributed by atoms with Gasteiger partial charge in [0.1, 0.15) is 10.8 Å². The highest BCUT2D eigenvalue weighted by atomic mass is 35.5. The molecule has 0 unspecified atom stereocenters. The second-order valence-electron chi connectivity index (χ2n) is 4.96. The number of halogens is 4. The highest BCUT2D eigenvalue weighted by molar-refractivity contribution is 7.89. The first-order valence-electron chi connectivity index (χ1n) is 6.59. The van der Waals surface area contributed by atoms with Crippen molar-refractivity contribution in [3.8, 4) is 0 Å². The summed E-state index contributed by atoms with van der Waals surface area (Å²) in [5.74, 6) is -0.718. The van der Waals surface area contributed by atoms with E-state index in [-0.39, 0.29) is 36.5 Å². The molecule has 0 atom stereocenters. The fourth-order valence-corrected chi connectivity index (χ4v) is 3.54. The van der Waals surface area contributed by atoms with Crippen LogP contribution in [0.15, 0.2) is 29.2 Å². The molecule has 2 rings (SSSR count). The van der Waals surface area contributed by atoms with E-state index in [0.29, 0.717) is 0 Å². The summed E-state index contributed by atoms with van der Waals surface area (Å²) in [7, 11) is -0.837. The minimum atomic E-state index is -3.65. The molecule has 2 aromatic rings. The smallest absolute Gasteiger partial charge is 0.275 e. The molecule has 0 aliphatic heterocycles. The molecule has 0 aliphatic carbocycles. The van der Waals surface area contributed by atoms with Crippen LogP contribution >= 0.6 is 46.4 Å². The van der Waals surface area contributed by atoms with Crippen LogP contribution in [0, 0.1) is 0 Å². The van der Waals surface area contributed by atoms with Gasteiger partial charge in [-0.05, 0) is 18.2 Å². The molecule has 0 fully saturated rings. The first-order valence-corrected chi connectivity index (χ1v) is 9.55. The Labute approximate surface area is 164 Å². The minimum Gasteiger partial charge on any atom is -0.321 e. The van der Waals surface area contributed by atoms with E-state index < -0.39 is 15.9 Å². The van der Waals surface area contributed by atoms with Gasteiger partial charge in [0.05, 0.1) is 20.0 Å². The van der Waals surface area contributed by atoms with E-state index in [1.807, 2.05) is 0 Å². The van der Waals surface area contributed by atoms with Gasteiger partial charge in [-0.25, -0.2) is 17.7 Å². The Morgan fingerprint density at radius 2 is 1.72 bits per heavy atom. The molecule has 0 radical (unpaired) electrons. The third-order valence-electron chi connectivity index (χ3n) is 3.07. The maximum absolute atomic E-state index is 12.4. The van der Waals surface area contributed by atoms with Gasteiger partial charge in [-0.1, -0.05) is 52.5 Å². The topological polar surface area (TPSA) is 79.4 Å². The van der Waals surface area contributed by atoms with Crippen LogP contribution in [0.3, 0.4) is 0 Å². The molecule has 1 N–H and O–H groups in total. The molecule has 1 amide bonds. The van der Waals surface area contributed by atoms with Gasteiger partial charge in [-0.2, -0.15) is 0 Å². The molecule has 25 heavy (non-hydrogen) atoms. The average molecular weight is 443 g/mol. The van der Waals surface area contributed by atoms with Gasteiger partial charge < -0.3 is 5.32 Å². The Hall–Kier alpha value is -1.09. The summed E-state index contributed by atoms with van der Waals surface area (Å²) in [5.41, 5.74) is -0.00470. The molecule has 1 aromatic heterocycles. The number of anilines is 1. The van der Waals surface area contributed by atoms with Crippen LogP contribution in [-0.4, -0.2) is 37.7 Å². The zero-order chi connectivity index (χ0) is 18.9. The Bertz CT molecular complexity index is 949. The van der Waals surface area contributed by atoms with Crippen molar-refractivity contribution in [2.24, 2.45) is 0 Å². The predicted molar refractivity (Wildman–Crippen MR) is 99.5 cm³/mol. The molecule has 0 spiro atoms. The first-order chi connectivity index (χ1) is 11.6. The standard InChI is InChI=1S/C14H11Cl4N3O3S/c1-21(2)25(23,24)8-5-3-4-7(6-8)19-14(22)12-10(16)9(15)11(17)13(18)20-12/h3-6H,1-2H3,(H,19,22). The number of rotatable bonds is 4. The van der Waals surface area contributed by atoms with E-state index in [9.17, 15) is 13.2 Å². The molecule has 134 valence electrons. The molecule has 11 heteroatoms. The zero-order valence-electron chi connectivity index (χ0n) is 12.8. The number of amides is 1. The van der Waals surface area contributed by atoms with Crippen molar-refractivity contribution >= 4 is 68.0 Å². The molecule has 1 heterocycles. The van der Waals surface area contributed by atoms with E-state index in [1.165, 1.54) is 38.4 Å². The quantitative estimate of drug-likeness (QED) is 0.719. The van der Waals surface area contributed by atoms with E-state index in [0.717, 1.165) is 4.31 Å². The first kappa shape index (κ1) is 20.2. The third kappa shape index (κ3) is 4.19. The van der Waals surface area contributed by atoms with Gasteiger partial charge >= 0.3 is 0 Å². The summed E-state index contributed by atoms with van der Waals surface area (Å²) in [6, 6.07) is 5.72. The van der Waals surface area contributed by atoms with Crippen molar-refractivity contribution in [1.82, 2.24) is 9.29 Å². The zero-order valence-corrected chi connectivity index (χ0v) is 16.7. The molecule has 0 saturated heterocycles. The Morgan fingerprint density at radius 1 is 1.08 bits per heavy atom. The van der Waals surface area contributed by atoms with Crippen molar-refractivity contribution in [2.45, 2.75) is 4.90 Å². The van der Waals surface area contributed by atoms with Crippen molar-refractivity contribution in [2.75, 3.05) is 19.4 Å². The van der Waals surface area contributed by atoms with Crippen molar-refractivity contribution in [3.05, 3.63) is 50.2 Å². The fourth-order valence-electron chi connectivity index (χ4n) is 1.77. The Kier molecular flexibility index (Phi) is 6.19. The van der Waals surface area contributed by atoms with Gasteiger partial charge in [-0.15, -0.1) is 0 Å². The van der Waals surface area contributed by atoms with Crippen LogP contribution in [0.2, 0.25) is 20.2 Å². The van der Waals surface area contributed by atoms with Crippen LogP contribution in [-0.2, 0) is 10.0 Å². The highest BCUT2D eigenvalue weighted by Crippen LogP contribution is 2.36. The lowest BCUT2D eigenvalue weighted by atomic mass is 10.3. The maximum atomic E-state index is 12.4. The van der Waals surface area contributed by atoms with Gasteiger partial charge in [-0.3, -0.25) is 4.79 Å². The number of carbonyl (C=O) groups is 1. The largest absolute Gasteiger partial charge is 0.321 e.